The van der Waals surface area contributed by atoms with Gasteiger partial charge in [0.1, 0.15) is 0 Å². The lowest BCUT2D eigenvalue weighted by molar-refractivity contribution is 0.0607. The highest BCUT2D eigenvalue weighted by atomic mass is 28.3. The minimum Gasteiger partial charge on any atom is -0.390 e. The van der Waals surface area contributed by atoms with Crippen molar-refractivity contribution in [1.29, 1.82) is 0 Å². The third kappa shape index (κ3) is 7.40. The average molecular weight is 324 g/mol. The summed E-state index contributed by atoms with van der Waals surface area (Å²) in [7, 11) is -2.69. The van der Waals surface area contributed by atoms with E-state index in [1.165, 1.54) is 0 Å². The SMILES string of the molecule is C[Si](C)(C)CC(O)(C[C@@H](N)c1ccccc1)C[Si](C)(C)C. The van der Waals surface area contributed by atoms with Gasteiger partial charge in [-0.3, -0.25) is 0 Å². The zero-order valence-corrected chi connectivity index (χ0v) is 16.6. The third-order valence-electron chi connectivity index (χ3n) is 3.55. The van der Waals surface area contributed by atoms with E-state index in [1.54, 1.807) is 0 Å². The molecule has 0 saturated carbocycles. The van der Waals surface area contributed by atoms with Gasteiger partial charge in [-0.1, -0.05) is 69.6 Å². The van der Waals surface area contributed by atoms with Gasteiger partial charge in [0.05, 0.1) is 5.60 Å². The van der Waals surface area contributed by atoms with Gasteiger partial charge in [0.2, 0.25) is 0 Å². The predicted molar refractivity (Wildman–Crippen MR) is 99.2 cm³/mol. The van der Waals surface area contributed by atoms with E-state index >= 15 is 0 Å². The van der Waals surface area contributed by atoms with Crippen molar-refractivity contribution in [3.8, 4) is 0 Å². The Kier molecular flexibility index (Phi) is 6.01. The zero-order valence-electron chi connectivity index (χ0n) is 14.6. The highest BCUT2D eigenvalue weighted by Crippen LogP contribution is 2.36. The van der Waals surface area contributed by atoms with Crippen molar-refractivity contribution in [1.82, 2.24) is 0 Å². The predicted octanol–water partition coefficient (Wildman–Crippen LogP) is 4.48. The quantitative estimate of drug-likeness (QED) is 0.727. The molecule has 0 aliphatic heterocycles. The molecule has 0 saturated heterocycles. The fraction of sp³-hybridized carbons (Fsp3) is 0.647. The van der Waals surface area contributed by atoms with E-state index in [-0.39, 0.29) is 6.04 Å². The van der Waals surface area contributed by atoms with Gasteiger partial charge in [-0.05, 0) is 24.1 Å². The van der Waals surface area contributed by atoms with Gasteiger partial charge >= 0.3 is 0 Å². The van der Waals surface area contributed by atoms with Crippen molar-refractivity contribution in [2.24, 2.45) is 5.73 Å². The Morgan fingerprint density at radius 1 is 0.952 bits per heavy atom. The van der Waals surface area contributed by atoms with E-state index in [4.69, 9.17) is 5.73 Å². The van der Waals surface area contributed by atoms with Crippen LogP contribution in [0, 0.1) is 0 Å². The Hall–Kier alpha value is -0.426. The molecule has 4 heteroatoms. The maximum absolute atomic E-state index is 11.3. The van der Waals surface area contributed by atoms with Crippen LogP contribution in [-0.4, -0.2) is 26.9 Å². The molecule has 0 heterocycles. The fourth-order valence-electron chi connectivity index (χ4n) is 3.41. The molecule has 1 aromatic rings. The van der Waals surface area contributed by atoms with Crippen LogP contribution >= 0.6 is 0 Å². The molecule has 0 aromatic heterocycles. The molecule has 0 fully saturated rings. The summed E-state index contributed by atoms with van der Waals surface area (Å²) in [6.45, 7) is 14.0. The minimum absolute atomic E-state index is 0.0797. The first-order chi connectivity index (χ1) is 9.40. The van der Waals surface area contributed by atoms with Crippen LogP contribution in [-0.2, 0) is 0 Å². The van der Waals surface area contributed by atoms with Crippen molar-refractivity contribution in [2.45, 2.75) is 69.4 Å². The molecule has 120 valence electrons. The Balaban J connectivity index is 2.91. The van der Waals surface area contributed by atoms with Gasteiger partial charge in [-0.2, -0.15) is 0 Å². The molecule has 0 spiro atoms. The van der Waals surface area contributed by atoms with Crippen LogP contribution in [0.4, 0.5) is 0 Å². The van der Waals surface area contributed by atoms with Crippen molar-refractivity contribution < 1.29 is 5.11 Å². The van der Waals surface area contributed by atoms with Gasteiger partial charge in [-0.15, -0.1) is 0 Å². The van der Waals surface area contributed by atoms with Crippen LogP contribution in [0.3, 0.4) is 0 Å². The Bertz CT molecular complexity index is 418. The topological polar surface area (TPSA) is 46.2 Å². The van der Waals surface area contributed by atoms with E-state index in [0.29, 0.717) is 6.42 Å². The lowest BCUT2D eigenvalue weighted by atomic mass is 9.94. The largest absolute Gasteiger partial charge is 0.390 e. The number of aliphatic hydroxyl groups is 1. The molecule has 3 N–H and O–H groups in total. The van der Waals surface area contributed by atoms with Crippen LogP contribution in [0.1, 0.15) is 18.0 Å². The van der Waals surface area contributed by atoms with Crippen molar-refractivity contribution in [2.75, 3.05) is 0 Å². The van der Waals surface area contributed by atoms with Crippen LogP contribution in [0.25, 0.3) is 0 Å². The van der Waals surface area contributed by atoms with Crippen LogP contribution in [0.2, 0.25) is 51.4 Å². The lowest BCUT2D eigenvalue weighted by Gasteiger charge is -2.39. The van der Waals surface area contributed by atoms with Crippen LogP contribution < -0.4 is 5.73 Å². The first-order valence-electron chi connectivity index (χ1n) is 7.93. The van der Waals surface area contributed by atoms with Gasteiger partial charge < -0.3 is 10.8 Å². The minimum atomic E-state index is -1.34. The number of rotatable bonds is 7. The van der Waals surface area contributed by atoms with Gasteiger partial charge in [0, 0.05) is 22.2 Å². The van der Waals surface area contributed by atoms with Gasteiger partial charge in [0.25, 0.3) is 0 Å². The maximum atomic E-state index is 11.3. The van der Waals surface area contributed by atoms with Crippen molar-refractivity contribution in [3.05, 3.63) is 35.9 Å². The molecular weight excluding hydrogens is 290 g/mol. The molecule has 0 aliphatic carbocycles. The highest BCUT2D eigenvalue weighted by molar-refractivity contribution is 6.78. The lowest BCUT2D eigenvalue weighted by Crippen LogP contribution is -2.45. The van der Waals surface area contributed by atoms with Crippen LogP contribution in [0.15, 0.2) is 30.3 Å². The zero-order chi connectivity index (χ0) is 16.3. The second-order valence-electron chi connectivity index (χ2n) is 8.92. The molecule has 0 radical (unpaired) electrons. The molecule has 0 bridgehead atoms. The summed E-state index contributed by atoms with van der Waals surface area (Å²) in [6, 6.07) is 12.0. The molecule has 0 aliphatic rings. The summed E-state index contributed by atoms with van der Waals surface area (Å²) < 4.78 is 0. The summed E-state index contributed by atoms with van der Waals surface area (Å²) in [5.41, 5.74) is 6.91. The Morgan fingerprint density at radius 3 is 1.76 bits per heavy atom. The van der Waals surface area contributed by atoms with E-state index in [2.05, 4.69) is 51.4 Å². The monoisotopic (exact) mass is 323 g/mol. The first kappa shape index (κ1) is 18.6. The third-order valence-corrected chi connectivity index (χ3v) is 6.98. The van der Waals surface area contributed by atoms with E-state index < -0.39 is 21.7 Å². The molecule has 2 nitrogen and oxygen atoms in total. The summed E-state index contributed by atoms with van der Waals surface area (Å²) in [5.74, 6) is 0. The average Bonchev–Trinajstić information content (AvgIpc) is 2.24. The molecular formula is C17H33NOSi2. The summed E-state index contributed by atoms with van der Waals surface area (Å²) in [6.07, 6.45) is 0.672. The molecule has 1 rings (SSSR count). The molecule has 21 heavy (non-hydrogen) atoms. The standard InChI is InChI=1S/C17H33NOSi2/c1-20(2,3)13-17(19,14-21(4,5)6)12-16(18)15-10-8-7-9-11-15/h7-11,16,19H,12-14,18H2,1-6H3/t16-/m1/s1. The van der Waals surface area contributed by atoms with Gasteiger partial charge in [0.15, 0.2) is 0 Å². The normalized spacial score (nSPS) is 15.0. The first-order valence-corrected chi connectivity index (χ1v) is 15.3. The van der Waals surface area contributed by atoms with Crippen molar-refractivity contribution >= 4 is 16.1 Å². The summed E-state index contributed by atoms with van der Waals surface area (Å²) >= 11 is 0. The molecule has 0 unspecified atom stereocenters. The van der Waals surface area contributed by atoms with E-state index in [1.807, 2.05) is 18.2 Å². The number of benzene rings is 1. The Morgan fingerprint density at radius 2 is 1.38 bits per heavy atom. The molecule has 0 amide bonds. The number of nitrogens with two attached hydrogens (primary N) is 1. The second-order valence-corrected chi connectivity index (χ2v) is 19.9. The fourth-order valence-corrected chi connectivity index (χ4v) is 8.15. The highest BCUT2D eigenvalue weighted by Gasteiger charge is 2.38. The van der Waals surface area contributed by atoms with Crippen LogP contribution in [0.5, 0.6) is 0 Å². The Labute approximate surface area is 132 Å². The maximum Gasteiger partial charge on any atom is 0.0619 e. The molecule has 1 atom stereocenters. The van der Waals surface area contributed by atoms with Crippen molar-refractivity contribution in [3.63, 3.8) is 0 Å². The smallest absolute Gasteiger partial charge is 0.0619 e. The van der Waals surface area contributed by atoms with E-state index in [9.17, 15) is 5.11 Å². The number of hydrogen-bond acceptors (Lipinski definition) is 2. The summed E-state index contributed by atoms with van der Waals surface area (Å²) in [5, 5.41) is 11.3. The summed E-state index contributed by atoms with van der Waals surface area (Å²) in [4.78, 5) is 0. The van der Waals surface area contributed by atoms with Gasteiger partial charge in [-0.25, -0.2) is 0 Å². The number of hydrogen-bond donors (Lipinski definition) is 2. The second kappa shape index (κ2) is 6.77. The van der Waals surface area contributed by atoms with E-state index in [0.717, 1.165) is 17.7 Å². The molecule has 1 aromatic carbocycles.